The lowest BCUT2D eigenvalue weighted by Gasteiger charge is -2.11. The Kier molecular flexibility index (Phi) is 4.00. The maximum absolute atomic E-state index is 12.8. The van der Waals surface area contributed by atoms with E-state index in [-0.39, 0.29) is 5.91 Å². The fourth-order valence-corrected chi connectivity index (χ4v) is 3.55. The molecule has 6 heteroatoms. The molecule has 1 amide bonds. The molecule has 0 bridgehead atoms. The van der Waals surface area contributed by atoms with Gasteiger partial charge in [0.2, 0.25) is 0 Å². The van der Waals surface area contributed by atoms with E-state index in [1.165, 1.54) is 0 Å². The Morgan fingerprint density at radius 3 is 2.96 bits per heavy atom. The van der Waals surface area contributed by atoms with E-state index >= 15 is 0 Å². The molecule has 1 saturated carbocycles. The molecule has 128 valence electrons. The molecule has 1 aliphatic carbocycles. The molecule has 2 aromatic rings. The Hall–Kier alpha value is -1.95. The first-order valence-electron chi connectivity index (χ1n) is 8.87. The first-order chi connectivity index (χ1) is 11.6. The van der Waals surface area contributed by atoms with Gasteiger partial charge >= 0.3 is 0 Å². The zero-order chi connectivity index (χ0) is 16.7. The van der Waals surface area contributed by atoms with E-state index < -0.39 is 0 Å². The molecule has 3 heterocycles. The van der Waals surface area contributed by atoms with Crippen LogP contribution in [0.1, 0.15) is 59.8 Å². The molecule has 0 spiro atoms. The number of nitrogens with one attached hydrogen (secondary N) is 1. The number of pyridine rings is 1. The molecule has 24 heavy (non-hydrogen) atoms. The average molecular weight is 328 g/mol. The van der Waals surface area contributed by atoms with Gasteiger partial charge in [0.15, 0.2) is 5.65 Å². The summed E-state index contributed by atoms with van der Waals surface area (Å²) >= 11 is 0. The van der Waals surface area contributed by atoms with Crippen LogP contribution in [0.5, 0.6) is 0 Å². The van der Waals surface area contributed by atoms with Crippen molar-refractivity contribution in [2.75, 3.05) is 13.2 Å². The van der Waals surface area contributed by atoms with Crippen molar-refractivity contribution in [3.63, 3.8) is 0 Å². The summed E-state index contributed by atoms with van der Waals surface area (Å²) in [6.45, 7) is 3.43. The van der Waals surface area contributed by atoms with E-state index in [2.05, 4.69) is 10.4 Å². The molecule has 1 aliphatic heterocycles. The molecule has 1 saturated heterocycles. The smallest absolute Gasteiger partial charge is 0.252 e. The number of amides is 1. The summed E-state index contributed by atoms with van der Waals surface area (Å²) in [7, 11) is 1.89. The van der Waals surface area contributed by atoms with Gasteiger partial charge in [0.05, 0.1) is 22.7 Å². The Bertz CT molecular complexity index is 773. The van der Waals surface area contributed by atoms with Crippen molar-refractivity contribution in [1.82, 2.24) is 20.1 Å². The zero-order valence-corrected chi connectivity index (χ0v) is 14.3. The third kappa shape index (κ3) is 2.90. The summed E-state index contributed by atoms with van der Waals surface area (Å²) in [5.41, 5.74) is 3.39. The Morgan fingerprint density at radius 1 is 1.42 bits per heavy atom. The number of rotatable bonds is 5. The summed E-state index contributed by atoms with van der Waals surface area (Å²) in [6, 6.07) is 1.97. The summed E-state index contributed by atoms with van der Waals surface area (Å²) < 4.78 is 7.39. The number of carbonyl (C=O) groups is 1. The zero-order valence-electron chi connectivity index (χ0n) is 14.3. The second kappa shape index (κ2) is 6.16. The van der Waals surface area contributed by atoms with Crippen LogP contribution >= 0.6 is 0 Å². The highest BCUT2D eigenvalue weighted by Crippen LogP contribution is 2.40. The van der Waals surface area contributed by atoms with Gasteiger partial charge in [-0.2, -0.15) is 5.10 Å². The Labute approximate surface area is 141 Å². The van der Waals surface area contributed by atoms with Crippen LogP contribution in [0.2, 0.25) is 0 Å². The molecule has 1 N–H and O–H groups in total. The second-order valence-electron chi connectivity index (χ2n) is 6.96. The lowest BCUT2D eigenvalue weighted by atomic mass is 10.1. The van der Waals surface area contributed by atoms with Crippen LogP contribution in [0.4, 0.5) is 0 Å². The number of hydrogen-bond donors (Lipinski definition) is 1. The summed E-state index contributed by atoms with van der Waals surface area (Å²) in [5, 5.41) is 8.38. The monoisotopic (exact) mass is 328 g/mol. The fraction of sp³-hybridized carbons (Fsp3) is 0.611. The van der Waals surface area contributed by atoms with Gasteiger partial charge in [-0.1, -0.05) is 0 Å². The number of ether oxygens (including phenoxy) is 1. The maximum Gasteiger partial charge on any atom is 0.252 e. The SMILES string of the molecule is Cc1nn(C)c2nc(C3CC3)cc(C(=O)NCCC3CCCO3)c12. The summed E-state index contributed by atoms with van der Waals surface area (Å²) in [6.07, 6.45) is 5.73. The quantitative estimate of drug-likeness (QED) is 0.915. The van der Waals surface area contributed by atoms with E-state index in [0.29, 0.717) is 24.1 Å². The summed E-state index contributed by atoms with van der Waals surface area (Å²) in [4.78, 5) is 17.5. The van der Waals surface area contributed by atoms with Crippen molar-refractivity contribution in [2.24, 2.45) is 7.05 Å². The fourth-order valence-electron chi connectivity index (χ4n) is 3.55. The van der Waals surface area contributed by atoms with Gasteiger partial charge in [0, 0.05) is 31.8 Å². The van der Waals surface area contributed by atoms with Crippen LogP contribution in [-0.2, 0) is 11.8 Å². The van der Waals surface area contributed by atoms with Gasteiger partial charge in [-0.05, 0) is 45.1 Å². The van der Waals surface area contributed by atoms with Crippen molar-refractivity contribution in [2.45, 2.75) is 51.0 Å². The van der Waals surface area contributed by atoms with Gasteiger partial charge in [-0.3, -0.25) is 9.48 Å². The van der Waals surface area contributed by atoms with Gasteiger partial charge in [0.25, 0.3) is 5.91 Å². The van der Waals surface area contributed by atoms with Gasteiger partial charge in [0.1, 0.15) is 0 Å². The molecule has 2 fully saturated rings. The third-order valence-corrected chi connectivity index (χ3v) is 5.00. The predicted octanol–water partition coefficient (Wildman–Crippen LogP) is 2.45. The molecule has 2 aliphatic rings. The predicted molar refractivity (Wildman–Crippen MR) is 91.1 cm³/mol. The Morgan fingerprint density at radius 2 is 2.25 bits per heavy atom. The molecular formula is C18H24N4O2. The van der Waals surface area contributed by atoms with Crippen molar-refractivity contribution >= 4 is 16.9 Å². The van der Waals surface area contributed by atoms with Gasteiger partial charge < -0.3 is 10.1 Å². The maximum atomic E-state index is 12.8. The molecular weight excluding hydrogens is 304 g/mol. The number of carbonyl (C=O) groups excluding carboxylic acids is 1. The molecule has 2 aromatic heterocycles. The average Bonchev–Trinajstić information content (AvgIpc) is 3.22. The van der Waals surface area contributed by atoms with Crippen LogP contribution in [0.25, 0.3) is 11.0 Å². The van der Waals surface area contributed by atoms with Crippen LogP contribution < -0.4 is 5.32 Å². The van der Waals surface area contributed by atoms with E-state index in [9.17, 15) is 4.79 Å². The highest BCUT2D eigenvalue weighted by molar-refractivity contribution is 6.06. The number of aryl methyl sites for hydroxylation is 2. The normalized spacial score (nSPS) is 20.7. The molecule has 6 nitrogen and oxygen atoms in total. The largest absolute Gasteiger partial charge is 0.378 e. The Balaban J connectivity index is 1.58. The highest BCUT2D eigenvalue weighted by Gasteiger charge is 2.28. The summed E-state index contributed by atoms with van der Waals surface area (Å²) in [5.74, 6) is 0.474. The number of hydrogen-bond acceptors (Lipinski definition) is 4. The minimum atomic E-state index is -0.0293. The molecule has 1 atom stereocenters. The molecule has 0 radical (unpaired) electrons. The van der Waals surface area contributed by atoms with Crippen molar-refractivity contribution in [3.8, 4) is 0 Å². The number of aromatic nitrogens is 3. The van der Waals surface area contributed by atoms with Crippen molar-refractivity contribution in [1.29, 1.82) is 0 Å². The molecule has 1 unspecified atom stereocenters. The highest BCUT2D eigenvalue weighted by atomic mass is 16.5. The van der Waals surface area contributed by atoms with Crippen LogP contribution in [0.15, 0.2) is 6.07 Å². The topological polar surface area (TPSA) is 69.0 Å². The van der Waals surface area contributed by atoms with E-state index in [1.807, 2.05) is 20.0 Å². The third-order valence-electron chi connectivity index (χ3n) is 5.00. The lowest BCUT2D eigenvalue weighted by Crippen LogP contribution is -2.27. The first kappa shape index (κ1) is 15.6. The molecule has 0 aromatic carbocycles. The van der Waals surface area contributed by atoms with E-state index in [1.54, 1.807) is 4.68 Å². The number of nitrogens with zero attached hydrogens (tertiary/aromatic N) is 3. The molecule has 4 rings (SSSR count). The van der Waals surface area contributed by atoms with Crippen molar-refractivity contribution in [3.05, 3.63) is 23.0 Å². The first-order valence-corrected chi connectivity index (χ1v) is 8.87. The lowest BCUT2D eigenvalue weighted by molar-refractivity contribution is 0.0908. The van der Waals surface area contributed by atoms with E-state index in [4.69, 9.17) is 9.72 Å². The van der Waals surface area contributed by atoms with Crippen LogP contribution in [0.3, 0.4) is 0 Å². The number of fused-ring (bicyclic) bond motifs is 1. The van der Waals surface area contributed by atoms with Crippen LogP contribution in [-0.4, -0.2) is 39.9 Å². The minimum Gasteiger partial charge on any atom is -0.378 e. The standard InChI is InChI=1S/C18H24N4O2/c1-11-16-14(18(23)19-8-7-13-4-3-9-24-13)10-15(12-5-6-12)20-17(16)22(2)21-11/h10,12-13H,3-9H2,1-2H3,(H,19,23). The second-order valence-corrected chi connectivity index (χ2v) is 6.96. The van der Waals surface area contributed by atoms with Gasteiger partial charge in [-0.25, -0.2) is 4.98 Å². The van der Waals surface area contributed by atoms with Gasteiger partial charge in [-0.15, -0.1) is 0 Å². The minimum absolute atomic E-state index is 0.0293. The van der Waals surface area contributed by atoms with E-state index in [0.717, 1.165) is 61.1 Å². The van der Waals surface area contributed by atoms with Crippen LogP contribution in [0, 0.1) is 6.92 Å². The van der Waals surface area contributed by atoms with Crippen molar-refractivity contribution < 1.29 is 9.53 Å².